The van der Waals surface area contributed by atoms with Crippen LogP contribution in [-0.4, -0.2) is 37.1 Å². The van der Waals surface area contributed by atoms with Crippen molar-refractivity contribution >= 4 is 0 Å². The predicted octanol–water partition coefficient (Wildman–Crippen LogP) is 2.89. The van der Waals surface area contributed by atoms with Crippen LogP contribution < -0.4 is 5.32 Å². The van der Waals surface area contributed by atoms with Crippen molar-refractivity contribution in [1.29, 1.82) is 0 Å². The zero-order chi connectivity index (χ0) is 11.7. The molecule has 0 aliphatic rings. The molecule has 0 spiro atoms. The third kappa shape index (κ3) is 8.88. The number of likely N-dealkylation sites (N-methyl/N-ethyl adjacent to an activating group) is 1. The van der Waals surface area contributed by atoms with Gasteiger partial charge in [0.25, 0.3) is 0 Å². The number of nitrogens with zero attached hydrogens (tertiary/aromatic N) is 1. The minimum Gasteiger partial charge on any atom is -0.313 e. The van der Waals surface area contributed by atoms with E-state index < -0.39 is 0 Å². The molecule has 2 heteroatoms. The topological polar surface area (TPSA) is 15.3 Å². The minimum atomic E-state index is 0.655. The molecule has 0 aliphatic heterocycles. The fraction of sp³-hybridized carbons (Fsp3) is 1.00. The third-order valence-corrected chi connectivity index (χ3v) is 3.08. The lowest BCUT2D eigenvalue weighted by Crippen LogP contribution is -2.37. The standard InChI is InChI=1S/C13H30N2/c1-6-7-8-9-13(4)14-10-11-15(5)12(2)3/h12-14H,6-11H2,1-5H3. The lowest BCUT2D eigenvalue weighted by atomic mass is 10.1. The molecule has 0 saturated carbocycles. The Kier molecular flexibility index (Phi) is 9.12. The summed E-state index contributed by atoms with van der Waals surface area (Å²) in [5, 5.41) is 3.59. The molecule has 0 radical (unpaired) electrons. The van der Waals surface area contributed by atoms with Gasteiger partial charge in [-0.25, -0.2) is 0 Å². The summed E-state index contributed by atoms with van der Waals surface area (Å²) < 4.78 is 0. The monoisotopic (exact) mass is 214 g/mol. The van der Waals surface area contributed by atoms with Gasteiger partial charge in [-0.1, -0.05) is 26.2 Å². The summed E-state index contributed by atoms with van der Waals surface area (Å²) in [7, 11) is 2.19. The summed E-state index contributed by atoms with van der Waals surface area (Å²) in [5.41, 5.74) is 0. The summed E-state index contributed by atoms with van der Waals surface area (Å²) >= 11 is 0. The van der Waals surface area contributed by atoms with E-state index in [0.29, 0.717) is 12.1 Å². The summed E-state index contributed by atoms with van der Waals surface area (Å²) in [6.45, 7) is 11.3. The van der Waals surface area contributed by atoms with Crippen LogP contribution in [0.15, 0.2) is 0 Å². The number of nitrogens with one attached hydrogen (secondary N) is 1. The summed E-state index contributed by atoms with van der Waals surface area (Å²) in [6.07, 6.45) is 5.38. The van der Waals surface area contributed by atoms with E-state index in [9.17, 15) is 0 Å². The Hall–Kier alpha value is -0.0800. The average molecular weight is 214 g/mol. The van der Waals surface area contributed by atoms with Gasteiger partial charge in [-0.05, 0) is 34.2 Å². The van der Waals surface area contributed by atoms with Gasteiger partial charge in [0, 0.05) is 25.2 Å². The minimum absolute atomic E-state index is 0.655. The Balaban J connectivity index is 3.34. The highest BCUT2D eigenvalue weighted by molar-refractivity contribution is 4.64. The van der Waals surface area contributed by atoms with Crippen LogP contribution in [0.25, 0.3) is 0 Å². The summed E-state index contributed by atoms with van der Waals surface area (Å²) in [5.74, 6) is 0. The van der Waals surface area contributed by atoms with E-state index in [2.05, 4.69) is 45.0 Å². The van der Waals surface area contributed by atoms with Gasteiger partial charge in [0.1, 0.15) is 0 Å². The van der Waals surface area contributed by atoms with Gasteiger partial charge in [-0.3, -0.25) is 0 Å². The highest BCUT2D eigenvalue weighted by Crippen LogP contribution is 2.02. The lowest BCUT2D eigenvalue weighted by Gasteiger charge is -2.22. The quantitative estimate of drug-likeness (QED) is 0.594. The van der Waals surface area contributed by atoms with E-state index in [1.165, 1.54) is 25.7 Å². The van der Waals surface area contributed by atoms with E-state index in [1.54, 1.807) is 0 Å². The van der Waals surface area contributed by atoms with Gasteiger partial charge < -0.3 is 10.2 Å². The molecule has 1 N–H and O–H groups in total. The Morgan fingerprint density at radius 3 is 2.33 bits per heavy atom. The summed E-state index contributed by atoms with van der Waals surface area (Å²) in [6, 6.07) is 1.33. The third-order valence-electron chi connectivity index (χ3n) is 3.08. The number of hydrogen-bond acceptors (Lipinski definition) is 2. The van der Waals surface area contributed by atoms with E-state index in [4.69, 9.17) is 0 Å². The van der Waals surface area contributed by atoms with Gasteiger partial charge >= 0.3 is 0 Å². The molecular weight excluding hydrogens is 184 g/mol. The fourth-order valence-corrected chi connectivity index (χ4v) is 1.55. The van der Waals surface area contributed by atoms with Gasteiger partial charge in [-0.15, -0.1) is 0 Å². The first kappa shape index (κ1) is 14.9. The molecule has 2 nitrogen and oxygen atoms in total. The maximum Gasteiger partial charge on any atom is 0.0107 e. The molecule has 15 heavy (non-hydrogen) atoms. The zero-order valence-electron chi connectivity index (χ0n) is 11.3. The van der Waals surface area contributed by atoms with Crippen LogP contribution in [-0.2, 0) is 0 Å². The molecule has 0 bridgehead atoms. The van der Waals surface area contributed by atoms with Gasteiger partial charge in [0.2, 0.25) is 0 Å². The first-order valence-corrected chi connectivity index (χ1v) is 6.51. The first-order chi connectivity index (χ1) is 7.07. The largest absolute Gasteiger partial charge is 0.313 e. The van der Waals surface area contributed by atoms with Crippen molar-refractivity contribution in [1.82, 2.24) is 10.2 Å². The van der Waals surface area contributed by atoms with E-state index in [0.717, 1.165) is 13.1 Å². The number of rotatable bonds is 9. The molecule has 92 valence electrons. The smallest absolute Gasteiger partial charge is 0.0107 e. The first-order valence-electron chi connectivity index (χ1n) is 6.51. The van der Waals surface area contributed by atoms with Crippen LogP contribution in [0.2, 0.25) is 0 Å². The van der Waals surface area contributed by atoms with Gasteiger partial charge in [0.05, 0.1) is 0 Å². The molecule has 0 aromatic rings. The van der Waals surface area contributed by atoms with Gasteiger partial charge in [-0.2, -0.15) is 0 Å². The highest BCUT2D eigenvalue weighted by Gasteiger charge is 2.04. The van der Waals surface area contributed by atoms with Crippen LogP contribution >= 0.6 is 0 Å². The van der Waals surface area contributed by atoms with Crippen LogP contribution in [0.1, 0.15) is 53.4 Å². The molecule has 1 unspecified atom stereocenters. The van der Waals surface area contributed by atoms with Gasteiger partial charge in [0.15, 0.2) is 0 Å². The normalized spacial score (nSPS) is 13.8. The molecule has 0 aromatic carbocycles. The molecule has 0 aromatic heterocycles. The van der Waals surface area contributed by atoms with E-state index >= 15 is 0 Å². The Morgan fingerprint density at radius 1 is 1.13 bits per heavy atom. The molecule has 0 amide bonds. The van der Waals surface area contributed by atoms with Crippen molar-refractivity contribution in [3.63, 3.8) is 0 Å². The zero-order valence-corrected chi connectivity index (χ0v) is 11.3. The molecule has 1 atom stereocenters. The SMILES string of the molecule is CCCCCC(C)NCCN(C)C(C)C. The molecule has 0 rings (SSSR count). The number of hydrogen-bond donors (Lipinski definition) is 1. The maximum absolute atomic E-state index is 3.59. The second kappa shape index (κ2) is 9.17. The van der Waals surface area contributed by atoms with E-state index in [1.807, 2.05) is 0 Å². The molecular formula is C13H30N2. The van der Waals surface area contributed by atoms with Crippen molar-refractivity contribution in [2.45, 2.75) is 65.5 Å². The van der Waals surface area contributed by atoms with Crippen LogP contribution in [0, 0.1) is 0 Å². The number of unbranched alkanes of at least 4 members (excludes halogenated alkanes) is 2. The highest BCUT2D eigenvalue weighted by atomic mass is 15.1. The maximum atomic E-state index is 3.59. The van der Waals surface area contributed by atoms with Crippen molar-refractivity contribution in [3.05, 3.63) is 0 Å². The second-order valence-electron chi connectivity index (χ2n) is 4.93. The van der Waals surface area contributed by atoms with Crippen molar-refractivity contribution < 1.29 is 0 Å². The van der Waals surface area contributed by atoms with Crippen LogP contribution in [0.3, 0.4) is 0 Å². The molecule has 0 saturated heterocycles. The lowest BCUT2D eigenvalue weighted by molar-refractivity contribution is 0.268. The molecule has 0 fully saturated rings. The Bertz CT molecular complexity index is 134. The Morgan fingerprint density at radius 2 is 1.80 bits per heavy atom. The second-order valence-corrected chi connectivity index (χ2v) is 4.93. The van der Waals surface area contributed by atoms with Crippen molar-refractivity contribution in [3.8, 4) is 0 Å². The Labute approximate surface area is 96.4 Å². The fourth-order valence-electron chi connectivity index (χ4n) is 1.55. The van der Waals surface area contributed by atoms with Crippen molar-refractivity contribution in [2.24, 2.45) is 0 Å². The van der Waals surface area contributed by atoms with Crippen molar-refractivity contribution in [2.75, 3.05) is 20.1 Å². The van der Waals surface area contributed by atoms with Crippen LogP contribution in [0.5, 0.6) is 0 Å². The van der Waals surface area contributed by atoms with Crippen LogP contribution in [0.4, 0.5) is 0 Å². The predicted molar refractivity (Wildman–Crippen MR) is 69.4 cm³/mol. The summed E-state index contributed by atoms with van der Waals surface area (Å²) in [4.78, 5) is 2.38. The average Bonchev–Trinajstić information content (AvgIpc) is 2.18. The molecule has 0 heterocycles. The molecule has 0 aliphatic carbocycles. The van der Waals surface area contributed by atoms with E-state index in [-0.39, 0.29) is 0 Å².